The molecule has 0 rings (SSSR count). The summed E-state index contributed by atoms with van der Waals surface area (Å²) in [5.74, 6) is 0. The standard InChI is InChI=1S/C11H22N2/c1-5-7-8-11(3)13(6-2)10-9-12-4/h7-8,12H,3,5-6,9-10H2,1-2,4H3/b8-7-. The summed E-state index contributed by atoms with van der Waals surface area (Å²) >= 11 is 0. The Balaban J connectivity index is 3.91. The van der Waals surface area contributed by atoms with Gasteiger partial charge in [0.2, 0.25) is 0 Å². The van der Waals surface area contributed by atoms with Gasteiger partial charge in [-0.1, -0.05) is 19.6 Å². The molecule has 0 aromatic heterocycles. The summed E-state index contributed by atoms with van der Waals surface area (Å²) in [7, 11) is 1.97. The number of hydrogen-bond acceptors (Lipinski definition) is 2. The predicted molar refractivity (Wildman–Crippen MR) is 59.7 cm³/mol. The summed E-state index contributed by atoms with van der Waals surface area (Å²) in [4.78, 5) is 2.27. The van der Waals surface area contributed by atoms with Gasteiger partial charge in [-0.3, -0.25) is 0 Å². The molecule has 13 heavy (non-hydrogen) atoms. The molecule has 0 atom stereocenters. The van der Waals surface area contributed by atoms with Crippen LogP contribution in [0.1, 0.15) is 20.3 Å². The van der Waals surface area contributed by atoms with E-state index in [0.717, 1.165) is 31.8 Å². The van der Waals surface area contributed by atoms with Crippen molar-refractivity contribution in [2.24, 2.45) is 0 Å². The lowest BCUT2D eigenvalue weighted by molar-refractivity contribution is 0.374. The van der Waals surface area contributed by atoms with E-state index >= 15 is 0 Å². The quantitative estimate of drug-likeness (QED) is 0.606. The molecule has 0 saturated carbocycles. The summed E-state index contributed by atoms with van der Waals surface area (Å²) in [6.07, 6.45) is 5.31. The maximum absolute atomic E-state index is 4.03. The zero-order valence-electron chi connectivity index (χ0n) is 9.14. The van der Waals surface area contributed by atoms with Crippen molar-refractivity contribution in [3.05, 3.63) is 24.4 Å². The van der Waals surface area contributed by atoms with Crippen LogP contribution in [0.25, 0.3) is 0 Å². The van der Waals surface area contributed by atoms with E-state index in [1.165, 1.54) is 0 Å². The average Bonchev–Trinajstić information content (AvgIpc) is 2.16. The number of allylic oxidation sites excluding steroid dienone is 2. The molecule has 0 aromatic carbocycles. The monoisotopic (exact) mass is 182 g/mol. The second kappa shape index (κ2) is 7.87. The van der Waals surface area contributed by atoms with Crippen LogP contribution in [0, 0.1) is 0 Å². The van der Waals surface area contributed by atoms with Gasteiger partial charge in [0, 0.05) is 25.3 Å². The van der Waals surface area contributed by atoms with E-state index in [0.29, 0.717) is 0 Å². The molecule has 0 radical (unpaired) electrons. The second-order valence-electron chi connectivity index (χ2n) is 2.99. The highest BCUT2D eigenvalue weighted by Gasteiger charge is 2.00. The van der Waals surface area contributed by atoms with Gasteiger partial charge in [-0.05, 0) is 26.5 Å². The molecule has 0 aliphatic rings. The zero-order valence-corrected chi connectivity index (χ0v) is 9.14. The minimum atomic E-state index is 1.01. The zero-order chi connectivity index (χ0) is 10.1. The first-order valence-corrected chi connectivity index (χ1v) is 5.01. The molecular formula is C11H22N2. The maximum atomic E-state index is 4.03. The first-order chi connectivity index (χ1) is 6.26. The second-order valence-corrected chi connectivity index (χ2v) is 2.99. The highest BCUT2D eigenvalue weighted by molar-refractivity contribution is 5.12. The van der Waals surface area contributed by atoms with Gasteiger partial charge in [0.15, 0.2) is 0 Å². The van der Waals surface area contributed by atoms with Crippen molar-refractivity contribution in [1.82, 2.24) is 10.2 Å². The molecule has 0 bridgehead atoms. The fourth-order valence-electron chi connectivity index (χ4n) is 1.11. The highest BCUT2D eigenvalue weighted by Crippen LogP contribution is 2.02. The van der Waals surface area contributed by atoms with Crippen molar-refractivity contribution < 1.29 is 0 Å². The van der Waals surface area contributed by atoms with Crippen molar-refractivity contribution in [3.63, 3.8) is 0 Å². The van der Waals surface area contributed by atoms with Gasteiger partial charge in [-0.2, -0.15) is 0 Å². The molecule has 0 fully saturated rings. The smallest absolute Gasteiger partial charge is 0.0302 e. The molecule has 2 nitrogen and oxygen atoms in total. The van der Waals surface area contributed by atoms with Crippen molar-refractivity contribution in [1.29, 1.82) is 0 Å². The molecule has 1 N–H and O–H groups in total. The lowest BCUT2D eigenvalue weighted by Crippen LogP contribution is -2.29. The third-order valence-electron chi connectivity index (χ3n) is 1.97. The maximum Gasteiger partial charge on any atom is 0.0302 e. The Labute approximate surface area is 82.3 Å². The number of nitrogens with zero attached hydrogens (tertiary/aromatic N) is 1. The number of likely N-dealkylation sites (N-methyl/N-ethyl adjacent to an activating group) is 2. The Morgan fingerprint density at radius 3 is 2.62 bits per heavy atom. The lowest BCUT2D eigenvalue weighted by Gasteiger charge is -2.22. The summed E-state index contributed by atoms with van der Waals surface area (Å²) in [6, 6.07) is 0. The van der Waals surface area contributed by atoms with Crippen molar-refractivity contribution >= 4 is 0 Å². The van der Waals surface area contributed by atoms with Gasteiger partial charge in [0.1, 0.15) is 0 Å². The SMILES string of the molecule is C=C(/C=C\CC)N(CC)CCNC. The van der Waals surface area contributed by atoms with E-state index in [1.54, 1.807) is 0 Å². The number of hydrogen-bond donors (Lipinski definition) is 1. The summed E-state index contributed by atoms with van der Waals surface area (Å²) in [5, 5.41) is 3.14. The van der Waals surface area contributed by atoms with Crippen LogP contribution in [0.4, 0.5) is 0 Å². The third kappa shape index (κ3) is 5.47. The molecule has 0 spiro atoms. The van der Waals surface area contributed by atoms with Gasteiger partial charge in [0.05, 0.1) is 0 Å². The van der Waals surface area contributed by atoms with Crippen LogP contribution < -0.4 is 5.32 Å². The van der Waals surface area contributed by atoms with Crippen molar-refractivity contribution in [2.45, 2.75) is 20.3 Å². The Hall–Kier alpha value is -0.760. The van der Waals surface area contributed by atoms with Crippen LogP contribution in [-0.4, -0.2) is 31.6 Å². The Bertz CT molecular complexity index is 161. The molecular weight excluding hydrogens is 160 g/mol. The van der Waals surface area contributed by atoms with E-state index < -0.39 is 0 Å². The highest BCUT2D eigenvalue weighted by atomic mass is 15.1. The first-order valence-electron chi connectivity index (χ1n) is 5.01. The summed E-state index contributed by atoms with van der Waals surface area (Å²) in [5.41, 5.74) is 1.11. The fourth-order valence-corrected chi connectivity index (χ4v) is 1.11. The van der Waals surface area contributed by atoms with Crippen molar-refractivity contribution in [3.8, 4) is 0 Å². The minimum Gasteiger partial charge on any atom is -0.371 e. The molecule has 0 amide bonds. The molecule has 0 unspecified atom stereocenters. The van der Waals surface area contributed by atoms with Gasteiger partial charge in [0.25, 0.3) is 0 Å². The van der Waals surface area contributed by atoms with Gasteiger partial charge < -0.3 is 10.2 Å². The van der Waals surface area contributed by atoms with Gasteiger partial charge in [-0.25, -0.2) is 0 Å². The van der Waals surface area contributed by atoms with E-state index in [4.69, 9.17) is 0 Å². The van der Waals surface area contributed by atoms with Crippen LogP contribution in [0.5, 0.6) is 0 Å². The minimum absolute atomic E-state index is 1.01. The van der Waals surface area contributed by atoms with Gasteiger partial charge in [-0.15, -0.1) is 0 Å². The summed E-state index contributed by atoms with van der Waals surface area (Å²) in [6.45, 7) is 11.4. The molecule has 2 heteroatoms. The largest absolute Gasteiger partial charge is 0.371 e. The molecule has 0 aliphatic carbocycles. The van der Waals surface area contributed by atoms with Crippen LogP contribution in [-0.2, 0) is 0 Å². The molecule has 0 saturated heterocycles. The topological polar surface area (TPSA) is 15.3 Å². The van der Waals surface area contributed by atoms with Crippen LogP contribution in [0.3, 0.4) is 0 Å². The van der Waals surface area contributed by atoms with E-state index in [-0.39, 0.29) is 0 Å². The van der Waals surface area contributed by atoms with Crippen LogP contribution >= 0.6 is 0 Å². The lowest BCUT2D eigenvalue weighted by atomic mass is 10.3. The summed E-state index contributed by atoms with van der Waals surface area (Å²) < 4.78 is 0. The van der Waals surface area contributed by atoms with Crippen LogP contribution in [0.15, 0.2) is 24.4 Å². The Morgan fingerprint density at radius 1 is 1.46 bits per heavy atom. The molecule has 0 aromatic rings. The van der Waals surface area contributed by atoms with Crippen molar-refractivity contribution in [2.75, 3.05) is 26.7 Å². The fraction of sp³-hybridized carbons (Fsp3) is 0.636. The average molecular weight is 182 g/mol. The number of rotatable bonds is 7. The predicted octanol–water partition coefficient (Wildman–Crippen LogP) is 2.01. The number of nitrogens with one attached hydrogen (secondary N) is 1. The molecule has 0 heterocycles. The first kappa shape index (κ1) is 12.2. The van der Waals surface area contributed by atoms with Gasteiger partial charge >= 0.3 is 0 Å². The van der Waals surface area contributed by atoms with E-state index in [1.807, 2.05) is 7.05 Å². The Morgan fingerprint density at radius 2 is 2.15 bits per heavy atom. The van der Waals surface area contributed by atoms with E-state index in [2.05, 4.69) is 42.8 Å². The normalized spacial score (nSPS) is 10.7. The molecule has 0 aliphatic heterocycles. The van der Waals surface area contributed by atoms with E-state index in [9.17, 15) is 0 Å². The molecule has 76 valence electrons. The van der Waals surface area contributed by atoms with Crippen LogP contribution in [0.2, 0.25) is 0 Å². The Kier molecular flexibility index (Phi) is 7.41. The third-order valence-corrected chi connectivity index (χ3v) is 1.97.